The van der Waals surface area contributed by atoms with Crippen LogP contribution in [0.5, 0.6) is 5.75 Å². The number of allylic oxidation sites excluding steroid dienone is 1. The molecule has 1 atom stereocenters. The van der Waals surface area contributed by atoms with E-state index in [1.807, 2.05) is 37.3 Å². The zero-order valence-electron chi connectivity index (χ0n) is 18.5. The van der Waals surface area contributed by atoms with Crippen molar-refractivity contribution < 1.29 is 4.74 Å². The predicted octanol–water partition coefficient (Wildman–Crippen LogP) is 6.74. The number of nitrogens with one attached hydrogen (secondary N) is 1. The number of hydrogen-bond acceptors (Lipinski definition) is 4. The van der Waals surface area contributed by atoms with E-state index in [2.05, 4.69) is 36.5 Å². The fourth-order valence-electron chi connectivity index (χ4n) is 4.15. The summed E-state index contributed by atoms with van der Waals surface area (Å²) in [5, 5.41) is 21.3. The Morgan fingerprint density at radius 1 is 1.10 bits per heavy atom. The second kappa shape index (κ2) is 11.2. The van der Waals surface area contributed by atoms with Gasteiger partial charge in [-0.3, -0.25) is 0 Å². The van der Waals surface area contributed by atoms with E-state index in [-0.39, 0.29) is 11.6 Å². The Morgan fingerprint density at radius 3 is 2.45 bits per heavy atom. The van der Waals surface area contributed by atoms with Crippen molar-refractivity contribution in [3.63, 3.8) is 0 Å². The van der Waals surface area contributed by atoms with Gasteiger partial charge in [0.05, 0.1) is 6.61 Å². The van der Waals surface area contributed by atoms with Crippen LogP contribution >= 0.6 is 0 Å². The zero-order valence-corrected chi connectivity index (χ0v) is 18.5. The lowest BCUT2D eigenvalue weighted by Crippen LogP contribution is -2.18. The smallest absolute Gasteiger partial charge is 0.130 e. The van der Waals surface area contributed by atoms with Crippen LogP contribution in [0.25, 0.3) is 6.08 Å². The molecule has 1 fully saturated rings. The topological polar surface area (TPSA) is 68.8 Å². The molecule has 0 amide bonds. The average Bonchev–Trinajstić information content (AvgIpc) is 2.80. The zero-order chi connectivity index (χ0) is 22.1. The molecule has 2 aromatic carbocycles. The second-order valence-corrected chi connectivity index (χ2v) is 8.44. The molecule has 0 aromatic heterocycles. The molecule has 160 valence electrons. The minimum absolute atomic E-state index is 0.112. The molecule has 1 saturated carbocycles. The third-order valence-electron chi connectivity index (χ3n) is 6.00. The van der Waals surface area contributed by atoms with E-state index < -0.39 is 0 Å². The van der Waals surface area contributed by atoms with Gasteiger partial charge in [-0.15, -0.1) is 0 Å². The maximum Gasteiger partial charge on any atom is 0.130 e. The summed E-state index contributed by atoms with van der Waals surface area (Å²) in [6.45, 7) is 4.78. The molecule has 1 N–H and O–H groups in total. The molecule has 0 spiro atoms. The first-order valence-electron chi connectivity index (χ1n) is 11.2. The van der Waals surface area contributed by atoms with Gasteiger partial charge in [0.15, 0.2) is 0 Å². The van der Waals surface area contributed by atoms with Gasteiger partial charge in [0, 0.05) is 18.2 Å². The lowest BCUT2D eigenvalue weighted by atomic mass is 9.84. The Bertz CT molecular complexity index is 957. The summed E-state index contributed by atoms with van der Waals surface area (Å²) in [6.07, 6.45) is 9.24. The number of aryl methyl sites for hydroxylation is 1. The summed E-state index contributed by atoms with van der Waals surface area (Å²) < 4.78 is 5.96. The van der Waals surface area contributed by atoms with Crippen molar-refractivity contribution in [2.45, 2.75) is 64.3 Å². The maximum atomic E-state index is 8.92. The first-order valence-corrected chi connectivity index (χ1v) is 11.2. The van der Waals surface area contributed by atoms with Crippen LogP contribution in [0.4, 0.5) is 5.69 Å². The van der Waals surface area contributed by atoms with Crippen LogP contribution in [-0.4, -0.2) is 12.6 Å². The van der Waals surface area contributed by atoms with E-state index in [0.717, 1.165) is 34.9 Å². The summed E-state index contributed by atoms with van der Waals surface area (Å²) in [4.78, 5) is 0. The van der Waals surface area contributed by atoms with Gasteiger partial charge in [0.2, 0.25) is 0 Å². The first kappa shape index (κ1) is 22.4. The number of hydrogen-bond donors (Lipinski definition) is 1. The molecule has 0 bridgehead atoms. The summed E-state index contributed by atoms with van der Waals surface area (Å²) in [5.74, 6) is 1.66. The van der Waals surface area contributed by atoms with E-state index >= 15 is 0 Å². The molecule has 2 aromatic rings. The number of ether oxygens (including phenoxy) is 1. The van der Waals surface area contributed by atoms with E-state index in [4.69, 9.17) is 15.3 Å². The highest BCUT2D eigenvalue weighted by molar-refractivity contribution is 5.66. The van der Waals surface area contributed by atoms with Gasteiger partial charge in [-0.25, -0.2) is 0 Å². The number of anilines is 1. The summed E-state index contributed by atoms with van der Waals surface area (Å²) >= 11 is 0. The van der Waals surface area contributed by atoms with Crippen molar-refractivity contribution in [1.82, 2.24) is 0 Å². The molecule has 0 aliphatic heterocycles. The number of nitriles is 2. The maximum absolute atomic E-state index is 8.92. The highest BCUT2D eigenvalue weighted by Gasteiger charge is 2.15. The highest BCUT2D eigenvalue weighted by Crippen LogP contribution is 2.33. The molecule has 0 radical (unpaired) electrons. The summed E-state index contributed by atoms with van der Waals surface area (Å²) in [6, 6.07) is 18.7. The van der Waals surface area contributed by atoms with Crippen molar-refractivity contribution in [2.24, 2.45) is 0 Å². The second-order valence-electron chi connectivity index (χ2n) is 8.44. The van der Waals surface area contributed by atoms with E-state index in [0.29, 0.717) is 6.61 Å². The van der Waals surface area contributed by atoms with Crippen molar-refractivity contribution in [1.29, 1.82) is 10.5 Å². The Labute approximate surface area is 186 Å². The molecule has 1 unspecified atom stereocenters. The van der Waals surface area contributed by atoms with Crippen molar-refractivity contribution in [3.05, 3.63) is 64.7 Å². The van der Waals surface area contributed by atoms with E-state index in [9.17, 15) is 0 Å². The van der Waals surface area contributed by atoms with Crippen LogP contribution in [0.15, 0.2) is 48.0 Å². The third-order valence-corrected chi connectivity index (χ3v) is 6.00. The Kier molecular flexibility index (Phi) is 8.13. The normalized spacial score (nSPS) is 14.7. The summed E-state index contributed by atoms with van der Waals surface area (Å²) in [5.41, 5.74) is 4.49. The van der Waals surface area contributed by atoms with Crippen molar-refractivity contribution >= 4 is 11.8 Å². The van der Waals surface area contributed by atoms with Crippen LogP contribution < -0.4 is 10.1 Å². The quantitative estimate of drug-likeness (QED) is 0.486. The lowest BCUT2D eigenvalue weighted by Gasteiger charge is -2.22. The Balaban J connectivity index is 1.46. The minimum Gasteiger partial charge on any atom is -0.494 e. The molecule has 1 aliphatic carbocycles. The molecule has 4 nitrogen and oxygen atoms in total. The monoisotopic (exact) mass is 413 g/mol. The van der Waals surface area contributed by atoms with Crippen LogP contribution in [0, 0.1) is 29.6 Å². The minimum atomic E-state index is 0.112. The molecular weight excluding hydrogens is 382 g/mol. The molecule has 31 heavy (non-hydrogen) atoms. The van der Waals surface area contributed by atoms with Crippen LogP contribution in [0.2, 0.25) is 0 Å². The fourth-order valence-corrected chi connectivity index (χ4v) is 4.15. The highest BCUT2D eigenvalue weighted by atomic mass is 16.5. The standard InChI is InChI=1S/C27H31N3O/c1-20-16-26(11-8-25(20)17-22(18-28)19-29)30-21(2)14-15-31-27-12-9-24(10-13-27)23-6-4-3-5-7-23/h8-13,16-17,21,23,30H,3-7,14-15H2,1-2H3. The number of rotatable bonds is 8. The SMILES string of the molecule is Cc1cc(NC(C)CCOc2ccc(C3CCCCC3)cc2)ccc1C=C(C#N)C#N. The summed E-state index contributed by atoms with van der Waals surface area (Å²) in [7, 11) is 0. The number of nitrogens with zero attached hydrogens (tertiary/aromatic N) is 2. The van der Waals surface area contributed by atoms with Crippen molar-refractivity contribution in [3.8, 4) is 17.9 Å². The Morgan fingerprint density at radius 2 is 1.81 bits per heavy atom. The van der Waals surface area contributed by atoms with Gasteiger partial charge in [0.25, 0.3) is 0 Å². The van der Waals surface area contributed by atoms with Crippen LogP contribution in [-0.2, 0) is 0 Å². The van der Waals surface area contributed by atoms with Gasteiger partial charge in [-0.05, 0) is 79.6 Å². The lowest BCUT2D eigenvalue weighted by molar-refractivity contribution is 0.304. The van der Waals surface area contributed by atoms with Crippen LogP contribution in [0.1, 0.15) is 68.1 Å². The van der Waals surface area contributed by atoms with E-state index in [1.54, 1.807) is 6.08 Å². The van der Waals surface area contributed by atoms with Gasteiger partial charge < -0.3 is 10.1 Å². The van der Waals surface area contributed by atoms with Gasteiger partial charge in [-0.1, -0.05) is 37.5 Å². The molecule has 4 heteroatoms. The van der Waals surface area contributed by atoms with Gasteiger partial charge in [0.1, 0.15) is 23.5 Å². The first-order chi connectivity index (χ1) is 15.1. The van der Waals surface area contributed by atoms with Gasteiger partial charge >= 0.3 is 0 Å². The molecular formula is C27H31N3O. The predicted molar refractivity (Wildman–Crippen MR) is 126 cm³/mol. The van der Waals surface area contributed by atoms with Crippen LogP contribution in [0.3, 0.4) is 0 Å². The van der Waals surface area contributed by atoms with Gasteiger partial charge in [-0.2, -0.15) is 10.5 Å². The van der Waals surface area contributed by atoms with Crippen molar-refractivity contribution in [2.75, 3.05) is 11.9 Å². The molecule has 3 rings (SSSR count). The fraction of sp³-hybridized carbons (Fsp3) is 0.407. The third kappa shape index (κ3) is 6.63. The Hall–Kier alpha value is -3.24. The largest absolute Gasteiger partial charge is 0.494 e. The number of benzene rings is 2. The van der Waals surface area contributed by atoms with E-state index in [1.165, 1.54) is 37.7 Å². The molecule has 0 saturated heterocycles. The average molecular weight is 414 g/mol. The molecule has 1 aliphatic rings. The molecule has 0 heterocycles.